The van der Waals surface area contributed by atoms with E-state index in [2.05, 4.69) is 51.4 Å². The average molecular weight is 335 g/mol. The molecule has 1 aromatic heterocycles. The Bertz CT molecular complexity index is 584. The van der Waals surface area contributed by atoms with Gasteiger partial charge in [0.05, 0.1) is 11.8 Å². The highest BCUT2D eigenvalue weighted by Crippen LogP contribution is 2.23. The first kappa shape index (κ1) is 14.9. The first-order chi connectivity index (χ1) is 9.56. The van der Waals surface area contributed by atoms with Gasteiger partial charge in [0, 0.05) is 17.2 Å². The second kappa shape index (κ2) is 6.75. The molecule has 0 spiro atoms. The molecule has 0 fully saturated rings. The molecular formula is C16H19BrN2O. The molecule has 4 heteroatoms. The van der Waals surface area contributed by atoms with Gasteiger partial charge in [0.15, 0.2) is 0 Å². The van der Waals surface area contributed by atoms with Crippen LogP contribution in [0.5, 0.6) is 5.88 Å². The number of aromatic nitrogens is 1. The molecule has 0 atom stereocenters. The van der Waals surface area contributed by atoms with Gasteiger partial charge >= 0.3 is 0 Å². The summed E-state index contributed by atoms with van der Waals surface area (Å²) in [4.78, 5) is 4.27. The molecule has 1 heterocycles. The molecule has 0 saturated carbocycles. The minimum Gasteiger partial charge on any atom is -0.473 e. The summed E-state index contributed by atoms with van der Waals surface area (Å²) in [6, 6.07) is 10.2. The van der Waals surface area contributed by atoms with E-state index in [0.29, 0.717) is 5.88 Å². The van der Waals surface area contributed by atoms with Gasteiger partial charge in [0.25, 0.3) is 0 Å². The van der Waals surface area contributed by atoms with E-state index in [1.165, 1.54) is 11.1 Å². The van der Waals surface area contributed by atoms with Crippen molar-refractivity contribution >= 4 is 21.6 Å². The van der Waals surface area contributed by atoms with Crippen molar-refractivity contribution in [1.29, 1.82) is 0 Å². The Kier molecular flexibility index (Phi) is 5.01. The van der Waals surface area contributed by atoms with Crippen molar-refractivity contribution in [1.82, 2.24) is 4.98 Å². The maximum Gasteiger partial charge on any atom is 0.237 e. The molecule has 0 aliphatic carbocycles. The van der Waals surface area contributed by atoms with Crippen LogP contribution in [0.2, 0.25) is 0 Å². The van der Waals surface area contributed by atoms with Crippen LogP contribution in [0.4, 0.5) is 5.69 Å². The molecule has 0 saturated heterocycles. The highest BCUT2D eigenvalue weighted by molar-refractivity contribution is 9.10. The van der Waals surface area contributed by atoms with Crippen molar-refractivity contribution in [3.63, 3.8) is 0 Å². The van der Waals surface area contributed by atoms with Gasteiger partial charge in [0.1, 0.15) is 0 Å². The lowest BCUT2D eigenvalue weighted by molar-refractivity contribution is 0.234. The Morgan fingerprint density at radius 2 is 2.10 bits per heavy atom. The van der Waals surface area contributed by atoms with E-state index in [-0.39, 0.29) is 6.10 Å². The number of hydrogen-bond acceptors (Lipinski definition) is 3. The van der Waals surface area contributed by atoms with E-state index < -0.39 is 0 Å². The van der Waals surface area contributed by atoms with Gasteiger partial charge in [-0.05, 0) is 50.1 Å². The topological polar surface area (TPSA) is 34.2 Å². The number of hydrogen-bond donors (Lipinski definition) is 1. The average Bonchev–Trinajstić information content (AvgIpc) is 2.41. The van der Waals surface area contributed by atoms with Crippen molar-refractivity contribution in [2.75, 3.05) is 5.32 Å². The SMILES string of the molecule is Cc1cc(CNc2cccnc2OC(C)C)ccc1Br. The predicted molar refractivity (Wildman–Crippen MR) is 86.2 cm³/mol. The summed E-state index contributed by atoms with van der Waals surface area (Å²) in [7, 11) is 0. The lowest BCUT2D eigenvalue weighted by Crippen LogP contribution is -2.10. The second-order valence-electron chi connectivity index (χ2n) is 4.96. The van der Waals surface area contributed by atoms with E-state index in [1.54, 1.807) is 6.20 Å². The molecule has 2 rings (SSSR count). The third kappa shape index (κ3) is 3.97. The van der Waals surface area contributed by atoms with Crippen LogP contribution in [0.3, 0.4) is 0 Å². The molecule has 0 aliphatic rings. The minimum absolute atomic E-state index is 0.111. The lowest BCUT2D eigenvalue weighted by Gasteiger charge is -2.14. The van der Waals surface area contributed by atoms with E-state index in [1.807, 2.05) is 26.0 Å². The van der Waals surface area contributed by atoms with E-state index in [9.17, 15) is 0 Å². The van der Waals surface area contributed by atoms with Gasteiger partial charge in [-0.25, -0.2) is 4.98 Å². The van der Waals surface area contributed by atoms with Crippen LogP contribution in [-0.2, 0) is 6.54 Å². The summed E-state index contributed by atoms with van der Waals surface area (Å²) < 4.78 is 6.83. The van der Waals surface area contributed by atoms with Gasteiger partial charge in [0.2, 0.25) is 5.88 Å². The maximum absolute atomic E-state index is 5.70. The third-order valence-corrected chi connectivity index (χ3v) is 3.71. The highest BCUT2D eigenvalue weighted by atomic mass is 79.9. The molecule has 3 nitrogen and oxygen atoms in total. The normalized spacial score (nSPS) is 10.7. The molecule has 0 radical (unpaired) electrons. The largest absolute Gasteiger partial charge is 0.473 e. The minimum atomic E-state index is 0.111. The quantitative estimate of drug-likeness (QED) is 0.870. The zero-order valence-corrected chi connectivity index (χ0v) is 13.6. The number of benzene rings is 1. The van der Waals surface area contributed by atoms with E-state index in [0.717, 1.165) is 16.7 Å². The standard InChI is InChI=1S/C16H19BrN2O/c1-11(2)20-16-15(5-4-8-18-16)19-10-13-6-7-14(17)12(3)9-13/h4-9,11,19H,10H2,1-3H3. The molecule has 0 bridgehead atoms. The maximum atomic E-state index is 5.70. The van der Waals surface area contributed by atoms with E-state index in [4.69, 9.17) is 4.74 Å². The fourth-order valence-electron chi connectivity index (χ4n) is 1.86. The number of nitrogens with one attached hydrogen (secondary N) is 1. The zero-order valence-electron chi connectivity index (χ0n) is 12.0. The van der Waals surface area contributed by atoms with Crippen molar-refractivity contribution in [2.24, 2.45) is 0 Å². The fourth-order valence-corrected chi connectivity index (χ4v) is 2.10. The molecule has 1 aromatic carbocycles. The number of ether oxygens (including phenoxy) is 1. The first-order valence-corrected chi connectivity index (χ1v) is 7.46. The molecule has 0 amide bonds. The summed E-state index contributed by atoms with van der Waals surface area (Å²) in [6.07, 6.45) is 1.85. The molecule has 0 aliphatic heterocycles. The zero-order chi connectivity index (χ0) is 14.5. The molecule has 2 aromatic rings. The van der Waals surface area contributed by atoms with Crippen molar-refractivity contribution in [3.8, 4) is 5.88 Å². The Morgan fingerprint density at radius 1 is 1.30 bits per heavy atom. The van der Waals surface area contributed by atoms with Crippen molar-refractivity contribution in [3.05, 3.63) is 52.1 Å². The second-order valence-corrected chi connectivity index (χ2v) is 5.81. The Morgan fingerprint density at radius 3 is 2.80 bits per heavy atom. The molecule has 20 heavy (non-hydrogen) atoms. The monoisotopic (exact) mass is 334 g/mol. The smallest absolute Gasteiger partial charge is 0.237 e. The van der Waals surface area contributed by atoms with Crippen LogP contribution < -0.4 is 10.1 Å². The van der Waals surface area contributed by atoms with Gasteiger partial charge in [-0.15, -0.1) is 0 Å². The van der Waals surface area contributed by atoms with Crippen LogP contribution in [0.15, 0.2) is 41.0 Å². The summed E-state index contributed by atoms with van der Waals surface area (Å²) >= 11 is 3.51. The van der Waals surface area contributed by atoms with Crippen LogP contribution in [0.25, 0.3) is 0 Å². The van der Waals surface area contributed by atoms with Gasteiger partial charge in [-0.3, -0.25) is 0 Å². The molecule has 106 valence electrons. The predicted octanol–water partition coefficient (Wildman–Crippen LogP) is 4.55. The molecular weight excluding hydrogens is 316 g/mol. The van der Waals surface area contributed by atoms with E-state index >= 15 is 0 Å². The number of pyridine rings is 1. The van der Waals surface area contributed by atoms with Gasteiger partial charge in [-0.2, -0.15) is 0 Å². The number of halogens is 1. The Balaban J connectivity index is 2.08. The summed E-state index contributed by atoms with van der Waals surface area (Å²) in [5.41, 5.74) is 3.38. The van der Waals surface area contributed by atoms with Crippen LogP contribution in [0.1, 0.15) is 25.0 Å². The summed E-state index contributed by atoms with van der Waals surface area (Å²) in [5.74, 6) is 0.649. The number of rotatable bonds is 5. The summed E-state index contributed by atoms with van der Waals surface area (Å²) in [6.45, 7) is 6.83. The van der Waals surface area contributed by atoms with Gasteiger partial charge < -0.3 is 10.1 Å². The van der Waals surface area contributed by atoms with Crippen molar-refractivity contribution in [2.45, 2.75) is 33.4 Å². The molecule has 1 N–H and O–H groups in total. The van der Waals surface area contributed by atoms with Crippen LogP contribution >= 0.6 is 15.9 Å². The van der Waals surface area contributed by atoms with Crippen LogP contribution in [-0.4, -0.2) is 11.1 Å². The number of anilines is 1. The number of aryl methyl sites for hydroxylation is 1. The highest BCUT2D eigenvalue weighted by Gasteiger charge is 2.06. The van der Waals surface area contributed by atoms with Crippen molar-refractivity contribution < 1.29 is 4.74 Å². The lowest BCUT2D eigenvalue weighted by atomic mass is 10.1. The third-order valence-electron chi connectivity index (χ3n) is 2.82. The fraction of sp³-hybridized carbons (Fsp3) is 0.312. The Labute approximate surface area is 128 Å². The van der Waals surface area contributed by atoms with Gasteiger partial charge in [-0.1, -0.05) is 28.1 Å². The molecule has 0 unspecified atom stereocenters. The first-order valence-electron chi connectivity index (χ1n) is 6.67. The summed E-state index contributed by atoms with van der Waals surface area (Å²) in [5, 5.41) is 3.38. The Hall–Kier alpha value is -1.55. The van der Waals surface area contributed by atoms with Crippen LogP contribution in [0, 0.1) is 6.92 Å². The number of nitrogens with zero attached hydrogens (tertiary/aromatic N) is 1.